The number of thiophene rings is 1. The number of nitrogens with two attached hydrogens (primary N) is 1. The number of halogens is 1. The highest BCUT2D eigenvalue weighted by atomic mass is 35.5. The summed E-state index contributed by atoms with van der Waals surface area (Å²) in [6, 6.07) is 1.91. The molecular formula is C10H11ClN4OS. The second kappa shape index (κ2) is 4.85. The molecule has 2 rings (SSSR count). The summed E-state index contributed by atoms with van der Waals surface area (Å²) >= 11 is 7.34. The average molecular weight is 271 g/mol. The Bertz CT molecular complexity index is 556. The van der Waals surface area contributed by atoms with Gasteiger partial charge in [0.2, 0.25) is 11.2 Å². The third kappa shape index (κ3) is 2.48. The fourth-order valence-corrected chi connectivity index (χ4v) is 2.55. The Morgan fingerprint density at radius 2 is 2.35 bits per heavy atom. The third-order valence-electron chi connectivity index (χ3n) is 2.31. The molecule has 0 unspecified atom stereocenters. The summed E-state index contributed by atoms with van der Waals surface area (Å²) in [5.74, 6) is 0.257. The fourth-order valence-electron chi connectivity index (χ4n) is 1.58. The van der Waals surface area contributed by atoms with Crippen LogP contribution in [0.5, 0.6) is 0 Å². The van der Waals surface area contributed by atoms with Gasteiger partial charge in [-0.15, -0.1) is 11.3 Å². The lowest BCUT2D eigenvalue weighted by Gasteiger charge is -2.20. The van der Waals surface area contributed by atoms with E-state index in [0.717, 1.165) is 10.2 Å². The van der Waals surface area contributed by atoms with Crippen molar-refractivity contribution in [1.29, 1.82) is 0 Å². The molecule has 0 spiro atoms. The van der Waals surface area contributed by atoms with Crippen molar-refractivity contribution in [2.75, 3.05) is 18.0 Å². The van der Waals surface area contributed by atoms with Gasteiger partial charge < -0.3 is 10.6 Å². The van der Waals surface area contributed by atoms with E-state index < -0.39 is 5.91 Å². The number of primary amides is 1. The zero-order valence-corrected chi connectivity index (χ0v) is 10.8. The second-order valence-corrected chi connectivity index (χ2v) is 4.67. The number of rotatable bonds is 4. The molecule has 17 heavy (non-hydrogen) atoms. The van der Waals surface area contributed by atoms with Crippen molar-refractivity contribution in [3.63, 3.8) is 0 Å². The Hall–Kier alpha value is -1.40. The van der Waals surface area contributed by atoms with Crippen LogP contribution in [-0.2, 0) is 4.79 Å². The van der Waals surface area contributed by atoms with Gasteiger partial charge in [-0.1, -0.05) is 0 Å². The summed E-state index contributed by atoms with van der Waals surface area (Å²) in [7, 11) is 0. The highest BCUT2D eigenvalue weighted by molar-refractivity contribution is 7.16. The van der Waals surface area contributed by atoms with Crippen molar-refractivity contribution >= 4 is 44.9 Å². The summed E-state index contributed by atoms with van der Waals surface area (Å²) in [4.78, 5) is 21.9. The molecule has 0 radical (unpaired) electrons. The van der Waals surface area contributed by atoms with Crippen LogP contribution in [0, 0.1) is 0 Å². The van der Waals surface area contributed by atoms with Crippen molar-refractivity contribution in [3.05, 3.63) is 16.7 Å². The Kier molecular flexibility index (Phi) is 3.44. The van der Waals surface area contributed by atoms with E-state index >= 15 is 0 Å². The summed E-state index contributed by atoms with van der Waals surface area (Å²) in [5, 5.41) is 2.98. The number of anilines is 1. The SMILES string of the molecule is CCN(CC(N)=O)c1nc(Cl)nc2sccc12. The first-order chi connectivity index (χ1) is 8.11. The maximum absolute atomic E-state index is 11.0. The summed E-state index contributed by atoms with van der Waals surface area (Å²) in [6.45, 7) is 2.67. The average Bonchev–Trinajstić information content (AvgIpc) is 2.72. The molecule has 2 heterocycles. The van der Waals surface area contributed by atoms with E-state index in [1.807, 2.05) is 18.4 Å². The van der Waals surface area contributed by atoms with Gasteiger partial charge in [-0.05, 0) is 30.0 Å². The Labute approximate surface area is 107 Å². The molecule has 2 N–H and O–H groups in total. The monoisotopic (exact) mass is 270 g/mol. The summed E-state index contributed by atoms with van der Waals surface area (Å²) in [6.07, 6.45) is 0. The zero-order chi connectivity index (χ0) is 12.4. The van der Waals surface area contributed by atoms with Crippen LogP contribution in [0.15, 0.2) is 11.4 Å². The molecule has 0 saturated carbocycles. The number of nitrogens with zero attached hydrogens (tertiary/aromatic N) is 3. The van der Waals surface area contributed by atoms with Crippen molar-refractivity contribution < 1.29 is 4.79 Å². The van der Waals surface area contributed by atoms with E-state index in [1.54, 1.807) is 4.90 Å². The van der Waals surface area contributed by atoms with Gasteiger partial charge in [-0.3, -0.25) is 4.79 Å². The predicted octanol–water partition coefficient (Wildman–Crippen LogP) is 1.66. The van der Waals surface area contributed by atoms with Crippen LogP contribution < -0.4 is 10.6 Å². The molecular weight excluding hydrogens is 260 g/mol. The van der Waals surface area contributed by atoms with Crippen LogP contribution in [0.25, 0.3) is 10.2 Å². The molecule has 2 aromatic heterocycles. The van der Waals surface area contributed by atoms with Crippen molar-refractivity contribution in [3.8, 4) is 0 Å². The number of hydrogen-bond acceptors (Lipinski definition) is 5. The minimum atomic E-state index is -0.398. The largest absolute Gasteiger partial charge is 0.368 e. The lowest BCUT2D eigenvalue weighted by atomic mass is 10.3. The molecule has 0 aromatic carbocycles. The van der Waals surface area contributed by atoms with Crippen LogP contribution in [0.1, 0.15) is 6.92 Å². The Morgan fingerprint density at radius 3 is 3.00 bits per heavy atom. The molecule has 7 heteroatoms. The van der Waals surface area contributed by atoms with Crippen molar-refractivity contribution in [1.82, 2.24) is 9.97 Å². The van der Waals surface area contributed by atoms with E-state index in [4.69, 9.17) is 17.3 Å². The molecule has 0 aliphatic rings. The van der Waals surface area contributed by atoms with Gasteiger partial charge in [0.25, 0.3) is 0 Å². The number of amides is 1. The first kappa shape index (κ1) is 12.1. The molecule has 2 aromatic rings. The number of carbonyl (C=O) groups excluding carboxylic acids is 1. The molecule has 0 aliphatic heterocycles. The van der Waals surface area contributed by atoms with E-state index in [0.29, 0.717) is 12.4 Å². The maximum Gasteiger partial charge on any atom is 0.236 e. The lowest BCUT2D eigenvalue weighted by molar-refractivity contribution is -0.116. The normalized spacial score (nSPS) is 10.7. The molecule has 0 saturated heterocycles. The van der Waals surface area contributed by atoms with Gasteiger partial charge in [0.1, 0.15) is 10.6 Å². The molecule has 0 fully saturated rings. The van der Waals surface area contributed by atoms with E-state index in [9.17, 15) is 4.79 Å². The smallest absolute Gasteiger partial charge is 0.236 e. The second-order valence-electron chi connectivity index (χ2n) is 3.44. The van der Waals surface area contributed by atoms with Gasteiger partial charge in [0.05, 0.1) is 11.9 Å². The fraction of sp³-hybridized carbons (Fsp3) is 0.300. The van der Waals surface area contributed by atoms with Gasteiger partial charge in [-0.25, -0.2) is 4.98 Å². The quantitative estimate of drug-likeness (QED) is 0.858. The van der Waals surface area contributed by atoms with Gasteiger partial charge in [0, 0.05) is 6.54 Å². The highest BCUT2D eigenvalue weighted by Crippen LogP contribution is 2.28. The Morgan fingerprint density at radius 1 is 1.59 bits per heavy atom. The van der Waals surface area contributed by atoms with Crippen LogP contribution >= 0.6 is 22.9 Å². The van der Waals surface area contributed by atoms with Crippen LogP contribution in [0.4, 0.5) is 5.82 Å². The van der Waals surface area contributed by atoms with Crippen LogP contribution in [0.3, 0.4) is 0 Å². The first-order valence-electron chi connectivity index (χ1n) is 5.05. The molecule has 5 nitrogen and oxygen atoms in total. The minimum Gasteiger partial charge on any atom is -0.368 e. The molecule has 90 valence electrons. The molecule has 1 amide bonds. The van der Waals surface area contributed by atoms with Crippen molar-refractivity contribution in [2.45, 2.75) is 6.92 Å². The van der Waals surface area contributed by atoms with Crippen LogP contribution in [0.2, 0.25) is 5.28 Å². The first-order valence-corrected chi connectivity index (χ1v) is 6.31. The lowest BCUT2D eigenvalue weighted by Crippen LogP contribution is -2.34. The number of aromatic nitrogens is 2. The number of fused-ring (bicyclic) bond motifs is 1. The number of hydrogen-bond donors (Lipinski definition) is 1. The van der Waals surface area contributed by atoms with Crippen molar-refractivity contribution in [2.24, 2.45) is 5.73 Å². The number of carbonyl (C=O) groups is 1. The third-order valence-corrected chi connectivity index (χ3v) is 3.28. The summed E-state index contributed by atoms with van der Waals surface area (Å²) in [5.41, 5.74) is 5.21. The van der Waals surface area contributed by atoms with E-state index in [-0.39, 0.29) is 11.8 Å². The summed E-state index contributed by atoms with van der Waals surface area (Å²) < 4.78 is 0. The van der Waals surface area contributed by atoms with Crippen LogP contribution in [-0.4, -0.2) is 29.0 Å². The van der Waals surface area contributed by atoms with Gasteiger partial charge >= 0.3 is 0 Å². The standard InChI is InChI=1S/C10H11ClN4OS/c1-2-15(5-7(12)16)8-6-3-4-17-9(6)14-10(11)13-8/h3-4H,2,5H2,1H3,(H2,12,16). The molecule has 0 bridgehead atoms. The highest BCUT2D eigenvalue weighted by Gasteiger charge is 2.15. The maximum atomic E-state index is 11.0. The van der Waals surface area contributed by atoms with E-state index in [1.165, 1.54) is 11.3 Å². The van der Waals surface area contributed by atoms with Gasteiger partial charge in [-0.2, -0.15) is 4.98 Å². The zero-order valence-electron chi connectivity index (χ0n) is 9.18. The number of likely N-dealkylation sites (N-methyl/N-ethyl adjacent to an activating group) is 1. The Balaban J connectivity index is 2.51. The van der Waals surface area contributed by atoms with E-state index in [2.05, 4.69) is 9.97 Å². The molecule has 0 aliphatic carbocycles. The minimum absolute atomic E-state index is 0.120. The topological polar surface area (TPSA) is 72.1 Å². The van der Waals surface area contributed by atoms with Gasteiger partial charge in [0.15, 0.2) is 0 Å². The predicted molar refractivity (Wildman–Crippen MR) is 69.5 cm³/mol. The molecule has 0 atom stereocenters.